The molecule has 140 valence electrons. The molecule has 3 heterocycles. The fourth-order valence-corrected chi connectivity index (χ4v) is 3.28. The van der Waals surface area contributed by atoms with Crippen LogP contribution in [0.2, 0.25) is 0 Å². The number of aliphatic hydroxyl groups is 1. The van der Waals surface area contributed by atoms with E-state index in [9.17, 15) is 9.90 Å². The summed E-state index contributed by atoms with van der Waals surface area (Å²) in [6, 6.07) is 4.13. The molecule has 2 aliphatic rings. The van der Waals surface area contributed by atoms with Crippen molar-refractivity contribution in [2.24, 2.45) is 4.99 Å². The van der Waals surface area contributed by atoms with Crippen molar-refractivity contribution in [2.45, 2.75) is 39.2 Å². The molecule has 0 aliphatic carbocycles. The molecule has 2 aliphatic heterocycles. The van der Waals surface area contributed by atoms with Gasteiger partial charge in [-0.2, -0.15) is 0 Å². The van der Waals surface area contributed by atoms with Gasteiger partial charge < -0.3 is 14.9 Å². The number of aliphatic imine (C=N–C) groups is 1. The zero-order valence-corrected chi connectivity index (χ0v) is 15.9. The van der Waals surface area contributed by atoms with Gasteiger partial charge in [-0.15, -0.1) is 0 Å². The molecule has 6 nitrogen and oxygen atoms in total. The number of nitrogens with zero attached hydrogens (tertiary/aromatic N) is 4. The highest BCUT2D eigenvalue weighted by atomic mass is 16.3. The summed E-state index contributed by atoms with van der Waals surface area (Å²) in [5, 5.41) is 9.84. The lowest BCUT2D eigenvalue weighted by atomic mass is 10.0. The fraction of sp³-hybridized carbons (Fsp3) is 0.550. The first-order valence-corrected chi connectivity index (χ1v) is 9.27. The summed E-state index contributed by atoms with van der Waals surface area (Å²) in [6.45, 7) is 9.01. The van der Waals surface area contributed by atoms with E-state index in [0.717, 1.165) is 48.8 Å². The van der Waals surface area contributed by atoms with Crippen LogP contribution in [0.5, 0.6) is 0 Å². The largest absolute Gasteiger partial charge is 0.390 e. The molecular weight excluding hydrogens is 328 g/mol. The van der Waals surface area contributed by atoms with Gasteiger partial charge in [-0.05, 0) is 44.9 Å². The minimum atomic E-state index is -0.962. The molecule has 0 spiro atoms. The Morgan fingerprint density at radius 1 is 1.23 bits per heavy atom. The van der Waals surface area contributed by atoms with Crippen LogP contribution in [0.15, 0.2) is 29.3 Å². The van der Waals surface area contributed by atoms with Crippen LogP contribution < -0.4 is 4.90 Å². The molecule has 1 aromatic rings. The maximum atomic E-state index is 12.3. The van der Waals surface area contributed by atoms with Gasteiger partial charge in [0.05, 0.1) is 23.4 Å². The number of carbonyl (C=O) groups is 1. The van der Waals surface area contributed by atoms with Crippen LogP contribution >= 0.6 is 0 Å². The van der Waals surface area contributed by atoms with Crippen molar-refractivity contribution in [3.8, 4) is 0 Å². The number of hydrogen-bond donors (Lipinski definition) is 1. The normalized spacial score (nSPS) is 18.1. The number of carbonyl (C=O) groups excluding carboxylic acids is 1. The number of allylic oxidation sites excluding steroid dienone is 1. The molecule has 0 bridgehead atoms. The Morgan fingerprint density at radius 3 is 2.58 bits per heavy atom. The lowest BCUT2D eigenvalue weighted by Crippen LogP contribution is -2.50. The van der Waals surface area contributed by atoms with Crippen molar-refractivity contribution >= 4 is 17.4 Å². The lowest BCUT2D eigenvalue weighted by molar-refractivity contribution is -0.135. The number of pyridine rings is 1. The topological polar surface area (TPSA) is 69.0 Å². The van der Waals surface area contributed by atoms with Gasteiger partial charge in [-0.25, -0.2) is 4.98 Å². The molecule has 0 unspecified atom stereocenters. The molecule has 0 atom stereocenters. The zero-order chi connectivity index (χ0) is 18.7. The van der Waals surface area contributed by atoms with Gasteiger partial charge in [0.1, 0.15) is 5.82 Å². The van der Waals surface area contributed by atoms with E-state index in [2.05, 4.69) is 35.0 Å². The minimum Gasteiger partial charge on any atom is -0.390 e. The molecule has 0 saturated carbocycles. The van der Waals surface area contributed by atoms with E-state index >= 15 is 0 Å². The SMILES string of the molecule is Cc1ccc(N2CCN(C(=O)CC(C)(C)O)CC2)nc1C1=NCCC=C1. The second kappa shape index (κ2) is 7.58. The summed E-state index contributed by atoms with van der Waals surface area (Å²) in [5.41, 5.74) is 2.06. The standard InChI is InChI=1S/C20H28N4O2/c1-15-7-8-17(22-19(15)16-6-4-5-9-21-16)23-10-12-24(13-11-23)18(25)14-20(2,3)26/h4,6-8,26H,5,9-14H2,1-3H3. The summed E-state index contributed by atoms with van der Waals surface area (Å²) in [4.78, 5) is 25.8. The Hall–Kier alpha value is -2.21. The number of aromatic nitrogens is 1. The van der Waals surface area contributed by atoms with Gasteiger partial charge in [-0.1, -0.05) is 12.1 Å². The number of dihydropyridines is 1. The van der Waals surface area contributed by atoms with Crippen LogP contribution in [-0.2, 0) is 4.79 Å². The number of aryl methyl sites for hydroxylation is 1. The summed E-state index contributed by atoms with van der Waals surface area (Å²) in [6.07, 6.45) is 5.34. The van der Waals surface area contributed by atoms with E-state index in [1.54, 1.807) is 13.8 Å². The van der Waals surface area contributed by atoms with E-state index in [-0.39, 0.29) is 12.3 Å². The Balaban J connectivity index is 1.67. The van der Waals surface area contributed by atoms with Gasteiger partial charge in [0.25, 0.3) is 0 Å². The van der Waals surface area contributed by atoms with Crippen LogP contribution in [0.1, 0.15) is 37.9 Å². The van der Waals surface area contributed by atoms with Crippen LogP contribution in [0.3, 0.4) is 0 Å². The Labute approximate surface area is 155 Å². The van der Waals surface area contributed by atoms with Crippen LogP contribution in [-0.4, -0.2) is 64.9 Å². The fourth-order valence-electron chi connectivity index (χ4n) is 3.28. The van der Waals surface area contributed by atoms with Crippen LogP contribution in [0.25, 0.3) is 0 Å². The van der Waals surface area contributed by atoms with E-state index in [0.29, 0.717) is 13.1 Å². The summed E-state index contributed by atoms with van der Waals surface area (Å²) < 4.78 is 0. The number of rotatable bonds is 4. The molecule has 1 aromatic heterocycles. The predicted octanol–water partition coefficient (Wildman–Crippen LogP) is 1.95. The Morgan fingerprint density at radius 2 is 1.96 bits per heavy atom. The van der Waals surface area contributed by atoms with Crippen LogP contribution in [0, 0.1) is 6.92 Å². The molecule has 1 saturated heterocycles. The van der Waals surface area contributed by atoms with Crippen molar-refractivity contribution in [1.29, 1.82) is 0 Å². The molecular formula is C20H28N4O2. The monoisotopic (exact) mass is 356 g/mol. The summed E-state index contributed by atoms with van der Waals surface area (Å²) >= 11 is 0. The van der Waals surface area contributed by atoms with E-state index < -0.39 is 5.60 Å². The van der Waals surface area contributed by atoms with Crippen molar-refractivity contribution in [2.75, 3.05) is 37.6 Å². The summed E-state index contributed by atoms with van der Waals surface area (Å²) in [7, 11) is 0. The maximum absolute atomic E-state index is 12.3. The number of amides is 1. The molecule has 3 rings (SSSR count). The van der Waals surface area contributed by atoms with Gasteiger partial charge in [0.2, 0.25) is 5.91 Å². The molecule has 1 fully saturated rings. The zero-order valence-electron chi connectivity index (χ0n) is 15.9. The number of piperazine rings is 1. The molecule has 1 N–H and O–H groups in total. The lowest BCUT2D eigenvalue weighted by Gasteiger charge is -2.36. The molecule has 0 aromatic carbocycles. The highest BCUT2D eigenvalue weighted by Crippen LogP contribution is 2.20. The van der Waals surface area contributed by atoms with Crippen LogP contribution in [0.4, 0.5) is 5.82 Å². The quantitative estimate of drug-likeness (QED) is 0.895. The van der Waals surface area contributed by atoms with Crippen molar-refractivity contribution in [3.05, 3.63) is 35.5 Å². The first-order valence-electron chi connectivity index (χ1n) is 9.27. The second-order valence-corrected chi connectivity index (χ2v) is 7.65. The van der Waals surface area contributed by atoms with Crippen molar-refractivity contribution < 1.29 is 9.90 Å². The molecule has 6 heteroatoms. The number of hydrogen-bond acceptors (Lipinski definition) is 5. The molecule has 1 amide bonds. The van der Waals surface area contributed by atoms with E-state index in [1.165, 1.54) is 0 Å². The highest BCUT2D eigenvalue weighted by molar-refractivity contribution is 6.08. The van der Waals surface area contributed by atoms with Gasteiger partial charge in [0.15, 0.2) is 0 Å². The van der Waals surface area contributed by atoms with Gasteiger partial charge >= 0.3 is 0 Å². The average molecular weight is 356 g/mol. The Bertz CT molecular complexity index is 726. The highest BCUT2D eigenvalue weighted by Gasteiger charge is 2.26. The third-order valence-corrected chi connectivity index (χ3v) is 4.72. The van der Waals surface area contributed by atoms with E-state index in [1.807, 2.05) is 11.0 Å². The maximum Gasteiger partial charge on any atom is 0.225 e. The molecule has 0 radical (unpaired) electrons. The second-order valence-electron chi connectivity index (χ2n) is 7.65. The first-order chi connectivity index (χ1) is 12.3. The average Bonchev–Trinajstić information content (AvgIpc) is 2.61. The predicted molar refractivity (Wildman–Crippen MR) is 104 cm³/mol. The van der Waals surface area contributed by atoms with Gasteiger partial charge in [-0.3, -0.25) is 9.79 Å². The third-order valence-electron chi connectivity index (χ3n) is 4.72. The van der Waals surface area contributed by atoms with E-state index in [4.69, 9.17) is 4.98 Å². The number of anilines is 1. The Kier molecular flexibility index (Phi) is 5.41. The minimum absolute atomic E-state index is 0.0106. The van der Waals surface area contributed by atoms with Crippen molar-refractivity contribution in [3.63, 3.8) is 0 Å². The smallest absolute Gasteiger partial charge is 0.225 e. The molecule has 26 heavy (non-hydrogen) atoms. The first kappa shape index (κ1) is 18.6. The summed E-state index contributed by atoms with van der Waals surface area (Å²) in [5.74, 6) is 0.943. The van der Waals surface area contributed by atoms with Gasteiger partial charge in [0, 0.05) is 32.7 Å². The van der Waals surface area contributed by atoms with Crippen molar-refractivity contribution in [1.82, 2.24) is 9.88 Å². The third kappa shape index (κ3) is 4.49.